The average Bonchev–Trinajstić information content (AvgIpc) is 3.25. The van der Waals surface area contributed by atoms with Crippen LogP contribution in [0.2, 0.25) is 0 Å². The minimum Gasteiger partial charge on any atom is -0.493 e. The Balaban J connectivity index is 0.982. The third kappa shape index (κ3) is 8.65. The number of aromatic nitrogens is 1. The molecule has 1 fully saturated rings. The number of benzene rings is 4. The zero-order valence-electron chi connectivity index (χ0n) is 32.1. The Morgan fingerprint density at radius 2 is 1.67 bits per heavy atom. The normalized spacial score (nSPS) is 18.2. The second kappa shape index (κ2) is 16.9. The summed E-state index contributed by atoms with van der Waals surface area (Å²) < 4.78 is 18.8. The van der Waals surface area contributed by atoms with Gasteiger partial charge in [-0.15, -0.1) is 0 Å². The fraction of sp³-hybridized carbons (Fsp3) is 0.319. The van der Waals surface area contributed by atoms with Crippen LogP contribution < -0.4 is 19.5 Å². The standard InChI is InChI=1S/C47H47N3O7/c1-30-26-48-21-20-39(30)33-14-12-31(13-15-33)22-40(47(53)54)49-45(51)41-23-36-24-42-43(25-37(36)27-50(41)46(52)35-10-6-3-7-11-35)57-44(29-56-42)34-16-18-38(19-17-34)55-28-32-8-4-2-5-9-32/h3,6-7,10-21,24-26,32,40-41,44H,2,4-5,8-9,22-23,27-29H2,1H3,(H,49,51)(H,53,54). The number of carbonyl (C=O) groups is 3. The Bertz CT molecular complexity index is 2220. The van der Waals surface area contributed by atoms with E-state index in [9.17, 15) is 19.5 Å². The first-order valence-corrected chi connectivity index (χ1v) is 19.9. The number of hydrogen-bond donors (Lipinski definition) is 2. The van der Waals surface area contributed by atoms with E-state index in [0.717, 1.165) is 51.3 Å². The summed E-state index contributed by atoms with van der Waals surface area (Å²) in [5.41, 5.74) is 6.88. The number of fused-ring (bicyclic) bond motifs is 2. The van der Waals surface area contributed by atoms with Crippen LogP contribution in [0.25, 0.3) is 11.1 Å². The van der Waals surface area contributed by atoms with Crippen LogP contribution in [0.1, 0.15) is 76.4 Å². The number of rotatable bonds is 11. The second-order valence-electron chi connectivity index (χ2n) is 15.4. The van der Waals surface area contributed by atoms with E-state index in [-0.39, 0.29) is 31.4 Å². The fourth-order valence-corrected chi connectivity index (χ4v) is 8.18. The number of pyridine rings is 1. The van der Waals surface area contributed by atoms with Crippen molar-refractivity contribution in [2.45, 2.75) is 76.6 Å². The molecule has 57 heavy (non-hydrogen) atoms. The molecule has 8 rings (SSSR count). The molecular weight excluding hydrogens is 719 g/mol. The van der Waals surface area contributed by atoms with Gasteiger partial charge >= 0.3 is 5.97 Å². The molecule has 0 saturated heterocycles. The summed E-state index contributed by atoms with van der Waals surface area (Å²) in [4.78, 5) is 46.4. The quantitative estimate of drug-likeness (QED) is 0.139. The van der Waals surface area contributed by atoms with E-state index in [0.29, 0.717) is 29.6 Å². The second-order valence-corrected chi connectivity index (χ2v) is 15.4. The van der Waals surface area contributed by atoms with Gasteiger partial charge in [0.1, 0.15) is 24.4 Å². The van der Waals surface area contributed by atoms with Crippen molar-refractivity contribution in [1.82, 2.24) is 15.2 Å². The Kier molecular flexibility index (Phi) is 11.2. The molecule has 2 N–H and O–H groups in total. The van der Waals surface area contributed by atoms with Gasteiger partial charge in [-0.2, -0.15) is 0 Å². The zero-order chi connectivity index (χ0) is 39.3. The highest BCUT2D eigenvalue weighted by Crippen LogP contribution is 2.41. The van der Waals surface area contributed by atoms with Gasteiger partial charge in [0.05, 0.1) is 6.61 Å². The molecule has 10 nitrogen and oxygen atoms in total. The Morgan fingerprint density at radius 3 is 2.40 bits per heavy atom. The van der Waals surface area contributed by atoms with Gasteiger partial charge in [-0.1, -0.05) is 73.9 Å². The van der Waals surface area contributed by atoms with E-state index in [4.69, 9.17) is 14.2 Å². The number of aryl methyl sites for hydroxylation is 1. The lowest BCUT2D eigenvalue weighted by atomic mass is 9.90. The van der Waals surface area contributed by atoms with Gasteiger partial charge in [0.25, 0.3) is 5.91 Å². The lowest BCUT2D eigenvalue weighted by Gasteiger charge is -2.37. The number of nitrogens with zero attached hydrogens (tertiary/aromatic N) is 2. The van der Waals surface area contributed by atoms with Gasteiger partial charge in [0.2, 0.25) is 5.91 Å². The minimum atomic E-state index is -1.21. The molecule has 5 aromatic rings. The number of nitrogens with one attached hydrogen (secondary N) is 1. The third-order valence-corrected chi connectivity index (χ3v) is 11.4. The largest absolute Gasteiger partial charge is 0.493 e. The Hall–Kier alpha value is -6.16. The maximum atomic E-state index is 14.1. The number of aliphatic carboxylic acids is 1. The highest BCUT2D eigenvalue weighted by atomic mass is 16.6. The molecular formula is C47H47N3O7. The average molecular weight is 766 g/mol. The van der Waals surface area contributed by atoms with Crippen LogP contribution in [0.5, 0.6) is 17.2 Å². The summed E-state index contributed by atoms with van der Waals surface area (Å²) in [5.74, 6) is 0.569. The van der Waals surface area contributed by atoms with Crippen molar-refractivity contribution in [1.29, 1.82) is 0 Å². The summed E-state index contributed by atoms with van der Waals surface area (Å²) >= 11 is 0. The SMILES string of the molecule is Cc1cnccc1-c1ccc(CC(NC(=O)C2Cc3cc4c(cc3CN2C(=O)c2ccccc2)OC(c2ccc(OCC3CCCCC3)cc2)CO4)C(=O)O)cc1. The van der Waals surface area contributed by atoms with Gasteiger partial charge in [-0.25, -0.2) is 4.79 Å². The molecule has 0 radical (unpaired) electrons. The molecule has 3 atom stereocenters. The van der Waals surface area contributed by atoms with Crippen LogP contribution >= 0.6 is 0 Å². The van der Waals surface area contributed by atoms with Crippen molar-refractivity contribution >= 4 is 17.8 Å². The molecule has 4 aromatic carbocycles. The zero-order valence-corrected chi connectivity index (χ0v) is 32.1. The van der Waals surface area contributed by atoms with Crippen molar-refractivity contribution in [3.8, 4) is 28.4 Å². The van der Waals surface area contributed by atoms with Crippen molar-refractivity contribution in [2.75, 3.05) is 13.2 Å². The van der Waals surface area contributed by atoms with E-state index in [1.54, 1.807) is 36.7 Å². The summed E-state index contributed by atoms with van der Waals surface area (Å²) in [7, 11) is 0. The molecule has 1 aliphatic carbocycles. The van der Waals surface area contributed by atoms with Crippen molar-refractivity contribution in [2.24, 2.45) is 5.92 Å². The van der Waals surface area contributed by atoms with Gasteiger partial charge in [0, 0.05) is 37.3 Å². The number of hydrogen-bond acceptors (Lipinski definition) is 7. The molecule has 1 aromatic heterocycles. The maximum absolute atomic E-state index is 14.1. The van der Waals surface area contributed by atoms with Crippen molar-refractivity contribution < 1.29 is 33.7 Å². The highest BCUT2D eigenvalue weighted by molar-refractivity contribution is 5.98. The predicted molar refractivity (Wildman–Crippen MR) is 215 cm³/mol. The van der Waals surface area contributed by atoms with Crippen LogP contribution in [-0.2, 0) is 29.0 Å². The number of carboxylic acids is 1. The summed E-state index contributed by atoms with van der Waals surface area (Å²) in [6.07, 6.45) is 9.80. The van der Waals surface area contributed by atoms with Crippen molar-refractivity contribution in [3.05, 3.63) is 143 Å². The first-order chi connectivity index (χ1) is 27.8. The van der Waals surface area contributed by atoms with Crippen LogP contribution in [0.15, 0.2) is 109 Å². The van der Waals surface area contributed by atoms with E-state index < -0.39 is 24.0 Å². The van der Waals surface area contributed by atoms with Gasteiger partial charge in [-0.05, 0) is 107 Å². The summed E-state index contributed by atoms with van der Waals surface area (Å²) in [5, 5.41) is 13.0. The lowest BCUT2D eigenvalue weighted by molar-refractivity contribution is -0.142. The van der Waals surface area contributed by atoms with Crippen molar-refractivity contribution in [3.63, 3.8) is 0 Å². The molecule has 0 bridgehead atoms. The number of carbonyl (C=O) groups excluding carboxylic acids is 2. The summed E-state index contributed by atoms with van der Waals surface area (Å²) in [6.45, 7) is 3.17. The molecule has 10 heteroatoms. The number of ether oxygens (including phenoxy) is 3. The van der Waals surface area contributed by atoms with E-state index >= 15 is 0 Å². The topological polar surface area (TPSA) is 127 Å². The molecule has 292 valence electrons. The minimum absolute atomic E-state index is 0.0721. The van der Waals surface area contributed by atoms with Crippen LogP contribution in [-0.4, -0.2) is 58.1 Å². The van der Waals surface area contributed by atoms with Crippen LogP contribution in [0.3, 0.4) is 0 Å². The number of amides is 2. The van der Waals surface area contributed by atoms with Crippen LogP contribution in [0.4, 0.5) is 0 Å². The molecule has 3 heterocycles. The smallest absolute Gasteiger partial charge is 0.326 e. The highest BCUT2D eigenvalue weighted by Gasteiger charge is 2.38. The predicted octanol–water partition coefficient (Wildman–Crippen LogP) is 7.91. The monoisotopic (exact) mass is 765 g/mol. The fourth-order valence-electron chi connectivity index (χ4n) is 8.18. The molecule has 2 aliphatic heterocycles. The van der Waals surface area contributed by atoms with E-state index in [2.05, 4.69) is 10.3 Å². The third-order valence-electron chi connectivity index (χ3n) is 11.4. The Labute approximate surface area is 332 Å². The van der Waals surface area contributed by atoms with E-state index in [1.165, 1.54) is 37.0 Å². The van der Waals surface area contributed by atoms with Gasteiger partial charge in [-0.3, -0.25) is 14.6 Å². The molecule has 3 aliphatic rings. The molecule has 3 unspecified atom stereocenters. The first-order valence-electron chi connectivity index (χ1n) is 19.9. The van der Waals surface area contributed by atoms with Gasteiger partial charge < -0.3 is 29.5 Å². The molecule has 1 saturated carbocycles. The van der Waals surface area contributed by atoms with Gasteiger partial charge in [0.15, 0.2) is 17.6 Å². The van der Waals surface area contributed by atoms with Crippen LogP contribution in [0, 0.1) is 12.8 Å². The number of carboxylic acid groups (broad SMARTS) is 1. The lowest BCUT2D eigenvalue weighted by Crippen LogP contribution is -2.56. The Morgan fingerprint density at radius 1 is 0.912 bits per heavy atom. The molecule has 2 amide bonds. The maximum Gasteiger partial charge on any atom is 0.326 e. The molecule has 0 spiro atoms. The summed E-state index contributed by atoms with van der Waals surface area (Å²) in [6, 6.07) is 28.0. The van der Waals surface area contributed by atoms with E-state index in [1.807, 2.05) is 79.7 Å². The first kappa shape index (κ1) is 37.7.